The summed E-state index contributed by atoms with van der Waals surface area (Å²) in [6.07, 6.45) is 0. The first-order valence-corrected chi connectivity index (χ1v) is 14.0. The van der Waals surface area contributed by atoms with Crippen LogP contribution in [-0.4, -0.2) is 15.2 Å². The molecule has 0 spiro atoms. The first-order valence-electron chi connectivity index (χ1n) is 14.0. The summed E-state index contributed by atoms with van der Waals surface area (Å²) < 4.78 is 6.33. The van der Waals surface area contributed by atoms with Crippen LogP contribution in [0.2, 0.25) is 0 Å². The van der Waals surface area contributed by atoms with Gasteiger partial charge < -0.3 is 4.42 Å². The Morgan fingerprint density at radius 3 is 1.69 bits per heavy atom. The number of para-hydroxylation sites is 1. The number of hydrogen-bond acceptors (Lipinski definition) is 3. The van der Waals surface area contributed by atoms with Crippen LogP contribution < -0.4 is 0 Å². The van der Waals surface area contributed by atoms with Crippen LogP contribution in [-0.2, 0) is 0 Å². The maximum Gasteiger partial charge on any atom is 0.181 e. The minimum Gasteiger partial charge on any atom is -0.456 e. The van der Waals surface area contributed by atoms with Crippen LogP contribution in [0.5, 0.6) is 0 Å². The van der Waals surface area contributed by atoms with Crippen molar-refractivity contribution in [2.75, 3.05) is 0 Å². The minimum absolute atomic E-state index is 0.621. The first kappa shape index (κ1) is 24.1. The van der Waals surface area contributed by atoms with Gasteiger partial charge in [-0.15, -0.1) is 0 Å². The molecule has 0 aliphatic rings. The molecular formula is C38H25N3O. The van der Waals surface area contributed by atoms with Crippen LogP contribution in [0.25, 0.3) is 78.1 Å². The summed E-state index contributed by atoms with van der Waals surface area (Å²) in [4.78, 5) is 5.01. The van der Waals surface area contributed by atoms with Crippen molar-refractivity contribution in [2.24, 2.45) is 0 Å². The van der Waals surface area contributed by atoms with Crippen molar-refractivity contribution in [3.8, 4) is 56.2 Å². The van der Waals surface area contributed by atoms with Crippen molar-refractivity contribution in [1.82, 2.24) is 15.2 Å². The van der Waals surface area contributed by atoms with Crippen LogP contribution in [0, 0.1) is 0 Å². The second kappa shape index (κ2) is 10.0. The number of nitrogens with zero attached hydrogens (tertiary/aromatic N) is 2. The van der Waals surface area contributed by atoms with Crippen molar-refractivity contribution >= 4 is 21.9 Å². The molecule has 1 N–H and O–H groups in total. The molecule has 0 amide bonds. The number of furan rings is 1. The Bertz CT molecular complexity index is 2120. The Hall–Kier alpha value is -5.74. The van der Waals surface area contributed by atoms with E-state index in [0.29, 0.717) is 11.6 Å². The highest BCUT2D eigenvalue weighted by Gasteiger charge is 2.18. The number of benzene rings is 6. The Kier molecular flexibility index (Phi) is 5.75. The van der Waals surface area contributed by atoms with E-state index in [2.05, 4.69) is 119 Å². The Labute approximate surface area is 242 Å². The number of aromatic amines is 1. The molecule has 2 heterocycles. The van der Waals surface area contributed by atoms with E-state index in [9.17, 15) is 0 Å². The summed E-state index contributed by atoms with van der Waals surface area (Å²) in [6.45, 7) is 0. The molecule has 4 nitrogen and oxygen atoms in total. The Morgan fingerprint density at radius 2 is 1.02 bits per heavy atom. The van der Waals surface area contributed by atoms with Gasteiger partial charge >= 0.3 is 0 Å². The molecule has 4 heteroatoms. The lowest BCUT2D eigenvalue weighted by Crippen LogP contribution is -1.88. The largest absolute Gasteiger partial charge is 0.456 e. The van der Waals surface area contributed by atoms with Crippen molar-refractivity contribution in [3.63, 3.8) is 0 Å². The molecule has 0 bridgehead atoms. The van der Waals surface area contributed by atoms with E-state index in [0.717, 1.165) is 66.4 Å². The van der Waals surface area contributed by atoms with Gasteiger partial charge in [0.1, 0.15) is 11.2 Å². The van der Waals surface area contributed by atoms with Gasteiger partial charge in [0, 0.05) is 21.9 Å². The van der Waals surface area contributed by atoms with Gasteiger partial charge in [0.2, 0.25) is 0 Å². The summed E-state index contributed by atoms with van der Waals surface area (Å²) in [5.41, 5.74) is 10.3. The predicted octanol–water partition coefficient (Wildman–Crippen LogP) is 10.0. The van der Waals surface area contributed by atoms with E-state index in [1.165, 1.54) is 0 Å². The topological polar surface area (TPSA) is 54.7 Å². The first-order chi connectivity index (χ1) is 20.8. The molecule has 0 aliphatic carbocycles. The molecule has 0 atom stereocenters. The average molecular weight is 540 g/mol. The average Bonchev–Trinajstić information content (AvgIpc) is 3.71. The summed E-state index contributed by atoms with van der Waals surface area (Å²) in [5, 5.41) is 10.1. The van der Waals surface area contributed by atoms with E-state index >= 15 is 0 Å². The van der Waals surface area contributed by atoms with Crippen LogP contribution in [0.4, 0.5) is 0 Å². The van der Waals surface area contributed by atoms with Crippen LogP contribution in [0.3, 0.4) is 0 Å². The number of rotatable bonds is 5. The molecule has 6 aromatic carbocycles. The molecule has 0 fully saturated rings. The van der Waals surface area contributed by atoms with Crippen molar-refractivity contribution < 1.29 is 4.42 Å². The van der Waals surface area contributed by atoms with Gasteiger partial charge in [0.15, 0.2) is 11.6 Å². The fraction of sp³-hybridized carbons (Fsp3) is 0. The second-order valence-electron chi connectivity index (χ2n) is 10.4. The standard InChI is InChI=1S/C38H25N3O/c1-4-12-25(13-5-1)28-20-29(26-14-6-2-7-15-26)22-30(21-28)37-39-38(41-40-37)31-23-33(27-16-8-3-9-17-27)36-32-18-10-11-19-34(32)42-35(36)24-31/h1-24H,(H,39,40,41). The molecule has 0 unspecified atom stereocenters. The second-order valence-corrected chi connectivity index (χ2v) is 10.4. The third-order valence-electron chi connectivity index (χ3n) is 7.73. The molecule has 8 rings (SSSR count). The predicted molar refractivity (Wildman–Crippen MR) is 171 cm³/mol. The maximum absolute atomic E-state index is 6.33. The zero-order valence-corrected chi connectivity index (χ0v) is 22.7. The lowest BCUT2D eigenvalue weighted by atomic mass is 9.96. The van der Waals surface area contributed by atoms with Gasteiger partial charge in [-0.05, 0) is 69.8 Å². The third kappa shape index (κ3) is 4.27. The maximum atomic E-state index is 6.33. The number of fused-ring (bicyclic) bond motifs is 3. The molecule has 0 saturated carbocycles. The molecule has 2 aromatic heterocycles. The van der Waals surface area contributed by atoms with Gasteiger partial charge in [-0.25, -0.2) is 4.98 Å². The molecule has 0 aliphatic heterocycles. The summed E-state index contributed by atoms with van der Waals surface area (Å²) in [5.74, 6) is 1.34. The minimum atomic E-state index is 0.621. The van der Waals surface area contributed by atoms with Crippen LogP contribution in [0.1, 0.15) is 0 Å². The smallest absolute Gasteiger partial charge is 0.181 e. The van der Waals surface area contributed by atoms with E-state index in [-0.39, 0.29) is 0 Å². The zero-order valence-electron chi connectivity index (χ0n) is 22.7. The van der Waals surface area contributed by atoms with Crippen molar-refractivity contribution in [1.29, 1.82) is 0 Å². The molecule has 42 heavy (non-hydrogen) atoms. The highest BCUT2D eigenvalue weighted by molar-refractivity contribution is 6.13. The van der Waals surface area contributed by atoms with E-state index in [4.69, 9.17) is 9.40 Å². The van der Waals surface area contributed by atoms with Crippen molar-refractivity contribution in [2.45, 2.75) is 0 Å². The molecule has 0 radical (unpaired) electrons. The monoisotopic (exact) mass is 539 g/mol. The summed E-state index contributed by atoms with van der Waals surface area (Å²) in [7, 11) is 0. The number of H-pyrrole nitrogens is 1. The lowest BCUT2D eigenvalue weighted by molar-refractivity contribution is 0.669. The quantitative estimate of drug-likeness (QED) is 0.237. The van der Waals surface area contributed by atoms with Gasteiger partial charge in [-0.1, -0.05) is 109 Å². The number of nitrogens with one attached hydrogen (secondary N) is 1. The molecule has 8 aromatic rings. The normalized spacial score (nSPS) is 11.3. The lowest BCUT2D eigenvalue weighted by Gasteiger charge is -2.09. The van der Waals surface area contributed by atoms with Crippen LogP contribution >= 0.6 is 0 Å². The van der Waals surface area contributed by atoms with Gasteiger partial charge in [0.05, 0.1) is 0 Å². The fourth-order valence-corrected chi connectivity index (χ4v) is 5.71. The molecular weight excluding hydrogens is 514 g/mol. The van der Waals surface area contributed by atoms with Crippen molar-refractivity contribution in [3.05, 3.63) is 146 Å². The van der Waals surface area contributed by atoms with E-state index < -0.39 is 0 Å². The SMILES string of the molecule is c1ccc(-c2cc(-c3ccccc3)cc(-c3nc(-c4cc(-c5ccccc5)c5c(c4)oc4ccccc45)n[nH]3)c2)cc1. The van der Waals surface area contributed by atoms with Crippen LogP contribution in [0.15, 0.2) is 150 Å². The molecule has 198 valence electrons. The highest BCUT2D eigenvalue weighted by Crippen LogP contribution is 2.40. The highest BCUT2D eigenvalue weighted by atomic mass is 16.3. The number of aromatic nitrogens is 3. The summed E-state index contributed by atoms with van der Waals surface area (Å²) in [6, 6.07) is 50.2. The Morgan fingerprint density at radius 1 is 0.452 bits per heavy atom. The fourth-order valence-electron chi connectivity index (χ4n) is 5.71. The molecule has 0 saturated heterocycles. The van der Waals surface area contributed by atoms with E-state index in [1.807, 2.05) is 36.4 Å². The van der Waals surface area contributed by atoms with E-state index in [1.54, 1.807) is 0 Å². The van der Waals surface area contributed by atoms with Gasteiger partial charge in [-0.3, -0.25) is 5.10 Å². The third-order valence-corrected chi connectivity index (χ3v) is 7.73. The Balaban J connectivity index is 1.28. The zero-order chi connectivity index (χ0) is 27.9. The summed E-state index contributed by atoms with van der Waals surface area (Å²) >= 11 is 0. The van der Waals surface area contributed by atoms with Gasteiger partial charge in [0.25, 0.3) is 0 Å². The van der Waals surface area contributed by atoms with Gasteiger partial charge in [-0.2, -0.15) is 5.10 Å². The number of hydrogen-bond donors (Lipinski definition) is 1.